The van der Waals surface area contributed by atoms with Crippen LogP contribution < -0.4 is 0 Å². The number of hydrogen-bond donors (Lipinski definition) is 1. The molecule has 0 saturated heterocycles. The number of nitrogens with one attached hydrogen (secondary N) is 1. The Morgan fingerprint density at radius 3 is 2.58 bits per heavy atom. The van der Waals surface area contributed by atoms with Gasteiger partial charge in [-0.15, -0.1) is 0 Å². The third kappa shape index (κ3) is 1.50. The maximum Gasteiger partial charge on any atom is 0.0810 e. The van der Waals surface area contributed by atoms with Gasteiger partial charge < -0.3 is 0 Å². The molecule has 3 heteroatoms. The second-order valence-electron chi connectivity index (χ2n) is 2.95. The molecule has 0 saturated carbocycles. The third-order valence-electron chi connectivity index (χ3n) is 2.01. The van der Waals surface area contributed by atoms with Crippen LogP contribution in [0.1, 0.15) is 30.8 Å². The summed E-state index contributed by atoms with van der Waals surface area (Å²) in [5, 5.41) is 7.16. The van der Waals surface area contributed by atoms with Crippen LogP contribution in [-0.2, 0) is 13.1 Å². The monoisotopic (exact) mass is 167 g/mol. The Kier molecular flexibility index (Phi) is 2.87. The predicted octanol–water partition coefficient (Wildman–Crippen LogP) is 1.69. The molecule has 0 unspecified atom stereocenters. The Hall–Kier alpha value is -0.830. The van der Waals surface area contributed by atoms with Gasteiger partial charge >= 0.3 is 0 Å². The van der Waals surface area contributed by atoms with Crippen LogP contribution >= 0.6 is 0 Å². The molecule has 68 valence electrons. The lowest BCUT2D eigenvalue weighted by atomic mass is 10.2. The van der Waals surface area contributed by atoms with Crippen molar-refractivity contribution in [2.75, 3.05) is 7.05 Å². The van der Waals surface area contributed by atoms with E-state index in [1.54, 1.807) is 0 Å². The SMILES string of the molecule is CC.Cc1[nH]nc2c1CN(C)C2. The van der Waals surface area contributed by atoms with Crippen molar-refractivity contribution in [1.82, 2.24) is 15.1 Å². The van der Waals surface area contributed by atoms with E-state index < -0.39 is 0 Å². The molecule has 0 aromatic carbocycles. The number of H-pyrrole nitrogens is 1. The Morgan fingerprint density at radius 1 is 1.33 bits per heavy atom. The molecule has 0 amide bonds. The summed E-state index contributed by atoms with van der Waals surface area (Å²) < 4.78 is 0. The van der Waals surface area contributed by atoms with E-state index in [0.717, 1.165) is 13.1 Å². The summed E-state index contributed by atoms with van der Waals surface area (Å²) in [6.07, 6.45) is 0. The highest BCUT2D eigenvalue weighted by molar-refractivity contribution is 5.27. The minimum Gasteiger partial charge on any atom is -0.296 e. The highest BCUT2D eigenvalue weighted by Crippen LogP contribution is 2.20. The van der Waals surface area contributed by atoms with Gasteiger partial charge in [0.2, 0.25) is 0 Å². The molecule has 0 fully saturated rings. The molecule has 2 rings (SSSR count). The molecule has 1 N–H and O–H groups in total. The maximum atomic E-state index is 4.18. The first-order valence-electron chi connectivity index (χ1n) is 4.48. The Morgan fingerprint density at radius 2 is 2.00 bits per heavy atom. The quantitative estimate of drug-likeness (QED) is 0.637. The van der Waals surface area contributed by atoms with Crippen LogP contribution in [0, 0.1) is 6.92 Å². The summed E-state index contributed by atoms with van der Waals surface area (Å²) in [4.78, 5) is 2.26. The molecule has 1 aliphatic rings. The van der Waals surface area contributed by atoms with Gasteiger partial charge in [0.25, 0.3) is 0 Å². The van der Waals surface area contributed by atoms with Gasteiger partial charge in [0, 0.05) is 24.3 Å². The zero-order valence-corrected chi connectivity index (χ0v) is 8.31. The topological polar surface area (TPSA) is 31.9 Å². The van der Waals surface area contributed by atoms with Gasteiger partial charge in [0.15, 0.2) is 0 Å². The summed E-state index contributed by atoms with van der Waals surface area (Å²) in [5.41, 5.74) is 3.84. The smallest absolute Gasteiger partial charge is 0.0810 e. The number of aryl methyl sites for hydroxylation is 1. The summed E-state index contributed by atoms with van der Waals surface area (Å²) in [6.45, 7) is 8.13. The minimum absolute atomic E-state index is 1.000. The normalized spacial score (nSPS) is 15.3. The Bertz CT molecular complexity index is 252. The number of nitrogens with zero attached hydrogens (tertiary/aromatic N) is 2. The van der Waals surface area contributed by atoms with Gasteiger partial charge in [-0.2, -0.15) is 5.10 Å². The van der Waals surface area contributed by atoms with E-state index in [1.807, 2.05) is 13.8 Å². The predicted molar refractivity (Wildman–Crippen MR) is 49.8 cm³/mol. The zero-order valence-electron chi connectivity index (χ0n) is 8.31. The van der Waals surface area contributed by atoms with Crippen LogP contribution in [0.3, 0.4) is 0 Å². The zero-order chi connectivity index (χ0) is 9.14. The van der Waals surface area contributed by atoms with Crippen LogP contribution in [0.2, 0.25) is 0 Å². The lowest BCUT2D eigenvalue weighted by Gasteiger charge is -2.03. The molecule has 2 heterocycles. The van der Waals surface area contributed by atoms with Crippen molar-refractivity contribution in [2.24, 2.45) is 0 Å². The van der Waals surface area contributed by atoms with Crippen molar-refractivity contribution in [3.05, 3.63) is 17.0 Å². The molecular formula is C9H17N3. The summed E-state index contributed by atoms with van der Waals surface area (Å²) in [5.74, 6) is 0. The molecule has 3 nitrogen and oxygen atoms in total. The third-order valence-corrected chi connectivity index (χ3v) is 2.01. The van der Waals surface area contributed by atoms with Crippen molar-refractivity contribution in [3.63, 3.8) is 0 Å². The molecule has 1 aromatic heterocycles. The number of fused-ring (bicyclic) bond motifs is 1. The molecule has 1 aliphatic heterocycles. The van der Waals surface area contributed by atoms with Crippen LogP contribution in [0.4, 0.5) is 0 Å². The fourth-order valence-corrected chi connectivity index (χ4v) is 1.42. The fourth-order valence-electron chi connectivity index (χ4n) is 1.42. The van der Waals surface area contributed by atoms with Gasteiger partial charge in [-0.3, -0.25) is 10.00 Å². The molecule has 0 aliphatic carbocycles. The molecule has 0 spiro atoms. The van der Waals surface area contributed by atoms with E-state index in [4.69, 9.17) is 0 Å². The van der Waals surface area contributed by atoms with E-state index in [0.29, 0.717) is 0 Å². The molecule has 0 atom stereocenters. The van der Waals surface area contributed by atoms with E-state index in [9.17, 15) is 0 Å². The highest BCUT2D eigenvalue weighted by Gasteiger charge is 2.19. The van der Waals surface area contributed by atoms with Gasteiger partial charge in [-0.1, -0.05) is 13.8 Å². The molecule has 0 bridgehead atoms. The summed E-state index contributed by atoms with van der Waals surface area (Å²) in [7, 11) is 2.11. The largest absolute Gasteiger partial charge is 0.296 e. The standard InChI is InChI=1S/C7H11N3.C2H6/c1-5-6-3-10(2)4-7(6)9-8-5;1-2/h3-4H2,1-2H3,(H,8,9);1-2H3. The van der Waals surface area contributed by atoms with Crippen molar-refractivity contribution in [2.45, 2.75) is 33.9 Å². The maximum absolute atomic E-state index is 4.18. The average molecular weight is 167 g/mol. The number of hydrogen-bond acceptors (Lipinski definition) is 2. The first kappa shape index (κ1) is 9.26. The van der Waals surface area contributed by atoms with E-state index in [2.05, 4.69) is 29.1 Å². The molecule has 1 aromatic rings. The van der Waals surface area contributed by atoms with Gasteiger partial charge in [0.05, 0.1) is 5.69 Å². The van der Waals surface area contributed by atoms with Gasteiger partial charge in [0.1, 0.15) is 0 Å². The van der Waals surface area contributed by atoms with Crippen molar-refractivity contribution < 1.29 is 0 Å². The summed E-state index contributed by atoms with van der Waals surface area (Å²) >= 11 is 0. The van der Waals surface area contributed by atoms with Crippen LogP contribution in [-0.4, -0.2) is 22.1 Å². The molecule has 0 radical (unpaired) electrons. The van der Waals surface area contributed by atoms with Gasteiger partial charge in [-0.25, -0.2) is 0 Å². The van der Waals surface area contributed by atoms with Crippen LogP contribution in [0.25, 0.3) is 0 Å². The first-order valence-corrected chi connectivity index (χ1v) is 4.48. The molecule has 12 heavy (non-hydrogen) atoms. The second-order valence-corrected chi connectivity index (χ2v) is 2.95. The Labute approximate surface area is 73.8 Å². The second kappa shape index (κ2) is 3.72. The Balaban J connectivity index is 0.000000336. The summed E-state index contributed by atoms with van der Waals surface area (Å²) in [6, 6.07) is 0. The number of aromatic amines is 1. The van der Waals surface area contributed by atoms with Gasteiger partial charge in [-0.05, 0) is 14.0 Å². The highest BCUT2D eigenvalue weighted by atomic mass is 15.2. The lowest BCUT2D eigenvalue weighted by molar-refractivity contribution is 0.348. The minimum atomic E-state index is 1.000. The van der Waals surface area contributed by atoms with Crippen molar-refractivity contribution >= 4 is 0 Å². The lowest BCUT2D eigenvalue weighted by Crippen LogP contribution is -2.09. The van der Waals surface area contributed by atoms with E-state index >= 15 is 0 Å². The number of aromatic nitrogens is 2. The fraction of sp³-hybridized carbons (Fsp3) is 0.667. The van der Waals surface area contributed by atoms with E-state index in [-0.39, 0.29) is 0 Å². The van der Waals surface area contributed by atoms with Crippen molar-refractivity contribution in [1.29, 1.82) is 0 Å². The average Bonchev–Trinajstić information content (AvgIpc) is 2.58. The van der Waals surface area contributed by atoms with Crippen LogP contribution in [0.5, 0.6) is 0 Å². The molecular weight excluding hydrogens is 150 g/mol. The first-order chi connectivity index (χ1) is 5.77. The van der Waals surface area contributed by atoms with Crippen molar-refractivity contribution in [3.8, 4) is 0 Å². The van der Waals surface area contributed by atoms with Crippen LogP contribution in [0.15, 0.2) is 0 Å². The number of rotatable bonds is 0. The van der Waals surface area contributed by atoms with E-state index in [1.165, 1.54) is 17.0 Å².